The zero-order chi connectivity index (χ0) is 19.6. The van der Waals surface area contributed by atoms with Gasteiger partial charge in [0.15, 0.2) is 5.69 Å². The number of fused-ring (bicyclic) bond motifs is 1. The Morgan fingerprint density at radius 2 is 1.48 bits per heavy atom. The van der Waals surface area contributed by atoms with Gasteiger partial charge in [-0.25, -0.2) is 0 Å². The standard InChI is InChI=1S/C23H28N4O2/c28-21(20-18-3-1-2-4-19(18)24-25-20)26-5-7-27(8-6-26)22(29)23-12-15-9-16(13-23)11-17(10-15)14-23/h1-4,15-17H,5-14H2,(H,24,25). The minimum Gasteiger partial charge on any atom is -0.339 e. The largest absolute Gasteiger partial charge is 0.339 e. The molecule has 7 rings (SSSR count). The van der Waals surface area contributed by atoms with Crippen LogP contribution in [-0.2, 0) is 4.79 Å². The van der Waals surface area contributed by atoms with E-state index in [4.69, 9.17) is 0 Å². The molecular formula is C23H28N4O2. The third kappa shape index (κ3) is 2.71. The number of nitrogens with one attached hydrogen (secondary N) is 1. The minimum absolute atomic E-state index is 0.0376. The summed E-state index contributed by atoms with van der Waals surface area (Å²) in [7, 11) is 0. The van der Waals surface area contributed by atoms with Gasteiger partial charge in [-0.1, -0.05) is 18.2 Å². The molecule has 2 amide bonds. The van der Waals surface area contributed by atoms with Crippen molar-refractivity contribution in [3.05, 3.63) is 30.0 Å². The van der Waals surface area contributed by atoms with E-state index >= 15 is 0 Å². The van der Waals surface area contributed by atoms with Gasteiger partial charge in [-0.2, -0.15) is 5.10 Å². The van der Waals surface area contributed by atoms with Gasteiger partial charge in [0.2, 0.25) is 5.91 Å². The Balaban J connectivity index is 1.15. The van der Waals surface area contributed by atoms with E-state index in [-0.39, 0.29) is 11.3 Å². The molecule has 1 saturated heterocycles. The summed E-state index contributed by atoms with van der Waals surface area (Å²) in [6.45, 7) is 2.49. The van der Waals surface area contributed by atoms with Crippen LogP contribution in [0, 0.1) is 23.2 Å². The van der Waals surface area contributed by atoms with Gasteiger partial charge in [0.25, 0.3) is 5.91 Å². The Bertz CT molecular complexity index is 937. The van der Waals surface area contributed by atoms with Crippen molar-refractivity contribution < 1.29 is 9.59 Å². The number of nitrogens with zero attached hydrogens (tertiary/aromatic N) is 3. The van der Waals surface area contributed by atoms with Gasteiger partial charge in [0.1, 0.15) is 0 Å². The van der Waals surface area contributed by atoms with Crippen molar-refractivity contribution in [1.82, 2.24) is 20.0 Å². The first kappa shape index (κ1) is 17.5. The molecule has 6 nitrogen and oxygen atoms in total. The number of H-pyrrole nitrogens is 1. The maximum absolute atomic E-state index is 13.5. The molecule has 0 spiro atoms. The number of carbonyl (C=O) groups is 2. The van der Waals surface area contributed by atoms with Crippen LogP contribution in [-0.4, -0.2) is 58.0 Å². The first-order valence-corrected chi connectivity index (χ1v) is 11.1. The van der Waals surface area contributed by atoms with Crippen molar-refractivity contribution in [3.63, 3.8) is 0 Å². The van der Waals surface area contributed by atoms with Crippen molar-refractivity contribution in [2.75, 3.05) is 26.2 Å². The number of hydrogen-bond acceptors (Lipinski definition) is 3. The molecule has 4 aliphatic carbocycles. The third-order valence-electron chi connectivity index (χ3n) is 8.02. The molecule has 0 unspecified atom stereocenters. The summed E-state index contributed by atoms with van der Waals surface area (Å²) in [4.78, 5) is 30.5. The van der Waals surface area contributed by atoms with Crippen LogP contribution in [0.15, 0.2) is 24.3 Å². The van der Waals surface area contributed by atoms with Crippen molar-refractivity contribution in [2.45, 2.75) is 38.5 Å². The number of rotatable bonds is 2. The SMILES string of the molecule is O=C(c1n[nH]c2ccccc12)N1CCN(C(=O)C23CC4CC(CC(C4)C2)C3)CC1. The molecule has 2 heterocycles. The van der Waals surface area contributed by atoms with E-state index in [1.165, 1.54) is 19.3 Å². The molecule has 2 aromatic rings. The second-order valence-electron chi connectivity index (χ2n) is 9.90. The Morgan fingerprint density at radius 3 is 2.14 bits per heavy atom. The Morgan fingerprint density at radius 1 is 0.897 bits per heavy atom. The fourth-order valence-electron chi connectivity index (χ4n) is 7.10. The Labute approximate surface area is 170 Å². The number of carbonyl (C=O) groups excluding carboxylic acids is 2. The number of aromatic amines is 1. The summed E-state index contributed by atoms with van der Waals surface area (Å²) in [5.41, 5.74) is 1.28. The molecule has 1 N–H and O–H groups in total. The number of para-hydroxylation sites is 1. The fourth-order valence-corrected chi connectivity index (χ4v) is 7.10. The van der Waals surface area contributed by atoms with Gasteiger partial charge in [0.05, 0.1) is 10.9 Å². The predicted octanol–water partition coefficient (Wildman–Crippen LogP) is 3.06. The van der Waals surface area contributed by atoms with E-state index in [1.807, 2.05) is 29.2 Å². The lowest BCUT2D eigenvalue weighted by molar-refractivity contribution is -0.159. The number of hydrogen-bond donors (Lipinski definition) is 1. The zero-order valence-corrected chi connectivity index (χ0v) is 16.8. The molecule has 5 fully saturated rings. The lowest BCUT2D eigenvalue weighted by Crippen LogP contribution is -2.58. The molecule has 29 heavy (non-hydrogen) atoms. The van der Waals surface area contributed by atoms with Crippen LogP contribution in [0.2, 0.25) is 0 Å². The van der Waals surface area contributed by atoms with Gasteiger partial charge >= 0.3 is 0 Å². The molecule has 152 valence electrons. The highest BCUT2D eigenvalue weighted by atomic mass is 16.2. The Kier molecular flexibility index (Phi) is 3.81. The molecule has 1 aliphatic heterocycles. The van der Waals surface area contributed by atoms with Crippen molar-refractivity contribution in [3.8, 4) is 0 Å². The van der Waals surface area contributed by atoms with Crippen molar-refractivity contribution in [1.29, 1.82) is 0 Å². The van der Waals surface area contributed by atoms with Crippen LogP contribution in [0.4, 0.5) is 0 Å². The second-order valence-corrected chi connectivity index (χ2v) is 9.90. The lowest BCUT2D eigenvalue weighted by atomic mass is 9.49. The number of piperazine rings is 1. The van der Waals surface area contributed by atoms with Crippen LogP contribution in [0.1, 0.15) is 49.0 Å². The normalized spacial score (nSPS) is 33.4. The summed E-state index contributed by atoms with van der Waals surface area (Å²) in [6, 6.07) is 7.72. The number of benzene rings is 1. The highest BCUT2D eigenvalue weighted by molar-refractivity contribution is 6.04. The fraction of sp³-hybridized carbons (Fsp3) is 0.609. The molecule has 5 aliphatic rings. The van der Waals surface area contributed by atoms with Crippen LogP contribution >= 0.6 is 0 Å². The zero-order valence-electron chi connectivity index (χ0n) is 16.8. The molecule has 0 radical (unpaired) electrons. The van der Waals surface area contributed by atoms with E-state index in [0.29, 0.717) is 37.8 Å². The van der Waals surface area contributed by atoms with Crippen molar-refractivity contribution in [2.24, 2.45) is 23.2 Å². The summed E-state index contributed by atoms with van der Waals surface area (Å²) in [5, 5.41) is 8.07. The lowest BCUT2D eigenvalue weighted by Gasteiger charge is -2.57. The second kappa shape index (κ2) is 6.31. The van der Waals surface area contributed by atoms with E-state index in [1.54, 1.807) is 0 Å². The summed E-state index contributed by atoms with van der Waals surface area (Å²) >= 11 is 0. The minimum atomic E-state index is -0.0840. The highest BCUT2D eigenvalue weighted by Crippen LogP contribution is 2.60. The average molecular weight is 393 g/mol. The Hall–Kier alpha value is -2.37. The molecule has 1 aromatic carbocycles. The van der Waals surface area contributed by atoms with E-state index in [2.05, 4.69) is 15.1 Å². The third-order valence-corrected chi connectivity index (χ3v) is 8.02. The summed E-state index contributed by atoms with van der Waals surface area (Å²) < 4.78 is 0. The monoisotopic (exact) mass is 392 g/mol. The average Bonchev–Trinajstić information content (AvgIpc) is 3.16. The van der Waals surface area contributed by atoms with Gasteiger partial charge < -0.3 is 9.80 Å². The van der Waals surface area contributed by atoms with E-state index < -0.39 is 0 Å². The predicted molar refractivity (Wildman–Crippen MR) is 109 cm³/mol. The van der Waals surface area contributed by atoms with Crippen molar-refractivity contribution >= 4 is 22.7 Å². The van der Waals surface area contributed by atoms with Crippen LogP contribution in [0.3, 0.4) is 0 Å². The van der Waals surface area contributed by atoms with Crippen LogP contribution in [0.25, 0.3) is 10.9 Å². The first-order valence-electron chi connectivity index (χ1n) is 11.1. The molecule has 0 atom stereocenters. The van der Waals surface area contributed by atoms with Gasteiger partial charge in [0, 0.05) is 31.6 Å². The molecular weight excluding hydrogens is 364 g/mol. The molecule has 4 bridgehead atoms. The van der Waals surface area contributed by atoms with Gasteiger partial charge in [-0.05, 0) is 62.3 Å². The van der Waals surface area contributed by atoms with E-state index in [0.717, 1.165) is 47.9 Å². The van der Waals surface area contributed by atoms with Crippen LogP contribution in [0.5, 0.6) is 0 Å². The molecule has 4 saturated carbocycles. The quantitative estimate of drug-likeness (QED) is 0.854. The maximum Gasteiger partial charge on any atom is 0.275 e. The van der Waals surface area contributed by atoms with Gasteiger partial charge in [-0.15, -0.1) is 0 Å². The number of aromatic nitrogens is 2. The van der Waals surface area contributed by atoms with Gasteiger partial charge in [-0.3, -0.25) is 14.7 Å². The molecule has 1 aromatic heterocycles. The number of amides is 2. The smallest absolute Gasteiger partial charge is 0.275 e. The first-order chi connectivity index (χ1) is 14.1. The summed E-state index contributed by atoms with van der Waals surface area (Å²) in [5.74, 6) is 2.68. The highest BCUT2D eigenvalue weighted by Gasteiger charge is 2.55. The van der Waals surface area contributed by atoms with E-state index in [9.17, 15) is 9.59 Å². The summed E-state index contributed by atoms with van der Waals surface area (Å²) in [6.07, 6.45) is 7.38. The maximum atomic E-state index is 13.5. The molecule has 6 heteroatoms. The van der Waals surface area contributed by atoms with Crippen LogP contribution < -0.4 is 0 Å². The topological polar surface area (TPSA) is 69.3 Å².